The molecule has 10 heteroatoms. The molecule has 3 aliphatic heterocycles. The fourth-order valence-electron chi connectivity index (χ4n) is 4.47. The van der Waals surface area contributed by atoms with Crippen LogP contribution in [0.25, 0.3) is 0 Å². The van der Waals surface area contributed by atoms with E-state index in [-0.39, 0.29) is 42.0 Å². The first-order valence-corrected chi connectivity index (χ1v) is 9.56. The van der Waals surface area contributed by atoms with Gasteiger partial charge in [0.15, 0.2) is 11.5 Å². The van der Waals surface area contributed by atoms with Gasteiger partial charge in [0, 0.05) is 37.3 Å². The molecular formula is C20H18F3N3O4. The minimum Gasteiger partial charge on any atom is -0.424 e. The van der Waals surface area contributed by atoms with Gasteiger partial charge in [0.1, 0.15) is 0 Å². The van der Waals surface area contributed by atoms with Crippen LogP contribution in [0.2, 0.25) is 0 Å². The van der Waals surface area contributed by atoms with Crippen LogP contribution in [0.5, 0.6) is 11.5 Å². The van der Waals surface area contributed by atoms with Crippen LogP contribution in [0.4, 0.5) is 18.0 Å². The highest BCUT2D eigenvalue weighted by atomic mass is 19.4. The van der Waals surface area contributed by atoms with Crippen molar-refractivity contribution in [2.45, 2.75) is 31.0 Å². The van der Waals surface area contributed by atoms with Crippen LogP contribution in [0, 0.1) is 5.92 Å². The fraction of sp³-hybridized carbons (Fsp3) is 0.400. The first-order chi connectivity index (χ1) is 14.3. The summed E-state index contributed by atoms with van der Waals surface area (Å²) in [6.45, 7) is 0.870. The molecule has 0 saturated carbocycles. The fourth-order valence-corrected chi connectivity index (χ4v) is 4.47. The van der Waals surface area contributed by atoms with Crippen LogP contribution in [0.15, 0.2) is 47.3 Å². The van der Waals surface area contributed by atoms with Crippen LogP contribution in [-0.2, 0) is 6.54 Å². The number of piperidine rings is 1. The zero-order valence-electron chi connectivity index (χ0n) is 15.7. The maximum Gasteiger partial charge on any atom is 0.492 e. The van der Waals surface area contributed by atoms with Crippen LogP contribution in [0.3, 0.4) is 0 Å². The summed E-state index contributed by atoms with van der Waals surface area (Å²) in [4.78, 5) is 26.3. The number of pyridine rings is 1. The van der Waals surface area contributed by atoms with Crippen molar-refractivity contribution in [2.24, 2.45) is 5.92 Å². The molecule has 4 heterocycles. The van der Waals surface area contributed by atoms with E-state index in [0.717, 1.165) is 12.1 Å². The Morgan fingerprint density at radius 2 is 1.73 bits per heavy atom. The third kappa shape index (κ3) is 2.89. The van der Waals surface area contributed by atoms with Gasteiger partial charge in [-0.15, -0.1) is 0 Å². The lowest BCUT2D eigenvalue weighted by molar-refractivity contribution is -0.318. The van der Waals surface area contributed by atoms with Gasteiger partial charge in [-0.25, -0.2) is 4.79 Å². The molecule has 158 valence electrons. The third-order valence-electron chi connectivity index (χ3n) is 5.77. The van der Waals surface area contributed by atoms with Crippen LogP contribution in [0.1, 0.15) is 18.0 Å². The van der Waals surface area contributed by atoms with Gasteiger partial charge in [0.25, 0.3) is 5.56 Å². The number of hydrogen-bond donors (Lipinski definition) is 1. The lowest BCUT2D eigenvalue weighted by atomic mass is 9.83. The van der Waals surface area contributed by atoms with Gasteiger partial charge >= 0.3 is 18.1 Å². The number of aromatic nitrogens is 1. The second-order valence-electron chi connectivity index (χ2n) is 7.80. The second kappa shape index (κ2) is 6.41. The van der Waals surface area contributed by atoms with E-state index in [1.807, 2.05) is 11.4 Å². The number of carbonyl (C=O) groups excluding carboxylic acids is 1. The number of hydrogen-bond acceptors (Lipinski definition) is 4. The molecule has 5 rings (SSSR count). The highest BCUT2D eigenvalue weighted by molar-refractivity contribution is 5.75. The van der Waals surface area contributed by atoms with Gasteiger partial charge in [-0.2, -0.15) is 13.2 Å². The molecule has 7 nitrogen and oxygen atoms in total. The van der Waals surface area contributed by atoms with Gasteiger partial charge in [0.2, 0.25) is 0 Å². The topological polar surface area (TPSA) is 72.8 Å². The number of carbonyl (C=O) groups is 1. The number of alkyl halides is 3. The molecule has 2 atom stereocenters. The van der Waals surface area contributed by atoms with E-state index in [9.17, 15) is 22.8 Å². The van der Waals surface area contributed by atoms with Crippen molar-refractivity contribution >= 4 is 6.03 Å². The molecule has 0 aliphatic carbocycles. The molecule has 1 N–H and O–H groups in total. The number of para-hydroxylation sites is 2. The Labute approximate surface area is 169 Å². The van der Waals surface area contributed by atoms with Crippen molar-refractivity contribution in [3.8, 4) is 11.5 Å². The summed E-state index contributed by atoms with van der Waals surface area (Å²) in [5.41, 5.74) is 0.684. The molecule has 2 amide bonds. The summed E-state index contributed by atoms with van der Waals surface area (Å²) >= 11 is 0. The molecule has 1 aromatic carbocycles. The number of halogens is 3. The average Bonchev–Trinajstić information content (AvgIpc) is 3.08. The number of urea groups is 1. The van der Waals surface area contributed by atoms with Crippen LogP contribution >= 0.6 is 0 Å². The molecule has 2 aromatic rings. The standard InChI is InChI=1S/C20H18F3N3O4/c21-19(22,23)20(29-15-5-1-2-6-16(15)30-20)24-18(28)25-9-12-8-13(11-25)14-4-3-7-17(27)26(14)10-12/h1-7,12-13H,8-11H2,(H,24,28). The van der Waals surface area contributed by atoms with E-state index in [2.05, 4.69) is 0 Å². The number of ether oxygens (including phenoxy) is 2. The van der Waals surface area contributed by atoms with Crippen LogP contribution < -0.4 is 20.3 Å². The summed E-state index contributed by atoms with van der Waals surface area (Å²) in [5.74, 6) is -3.62. The van der Waals surface area contributed by atoms with E-state index in [1.54, 1.807) is 10.6 Å². The van der Waals surface area contributed by atoms with Crippen molar-refractivity contribution in [3.63, 3.8) is 0 Å². The predicted molar refractivity (Wildman–Crippen MR) is 98.1 cm³/mol. The molecule has 3 aliphatic rings. The zero-order chi connectivity index (χ0) is 21.1. The lowest BCUT2D eigenvalue weighted by Gasteiger charge is -2.43. The van der Waals surface area contributed by atoms with Crippen molar-refractivity contribution in [1.29, 1.82) is 0 Å². The Balaban J connectivity index is 1.39. The second-order valence-corrected chi connectivity index (χ2v) is 7.80. The number of nitrogens with one attached hydrogen (secondary N) is 1. The highest BCUT2D eigenvalue weighted by Crippen LogP contribution is 2.45. The summed E-state index contributed by atoms with van der Waals surface area (Å²) in [6, 6.07) is 9.74. The first-order valence-electron chi connectivity index (χ1n) is 9.56. The molecule has 0 radical (unpaired) electrons. The van der Waals surface area contributed by atoms with Crippen molar-refractivity contribution in [3.05, 3.63) is 58.5 Å². The Morgan fingerprint density at radius 3 is 2.40 bits per heavy atom. The first kappa shape index (κ1) is 18.8. The lowest BCUT2D eigenvalue weighted by Crippen LogP contribution is -2.67. The zero-order valence-corrected chi connectivity index (χ0v) is 15.7. The van der Waals surface area contributed by atoms with E-state index in [4.69, 9.17) is 9.47 Å². The summed E-state index contributed by atoms with van der Waals surface area (Å²) in [7, 11) is 0. The average molecular weight is 421 g/mol. The number of likely N-dealkylation sites (tertiary alicyclic amines) is 1. The molecular weight excluding hydrogens is 403 g/mol. The maximum absolute atomic E-state index is 13.9. The molecule has 30 heavy (non-hydrogen) atoms. The van der Waals surface area contributed by atoms with Crippen molar-refractivity contribution < 1.29 is 27.4 Å². The molecule has 0 spiro atoms. The largest absolute Gasteiger partial charge is 0.492 e. The minimum absolute atomic E-state index is 0.0217. The third-order valence-corrected chi connectivity index (χ3v) is 5.77. The van der Waals surface area contributed by atoms with Crippen molar-refractivity contribution in [1.82, 2.24) is 14.8 Å². The molecule has 1 aromatic heterocycles. The van der Waals surface area contributed by atoms with Crippen molar-refractivity contribution in [2.75, 3.05) is 13.1 Å². The quantitative estimate of drug-likeness (QED) is 0.769. The van der Waals surface area contributed by atoms with Crippen LogP contribution in [-0.4, -0.2) is 40.7 Å². The Hall–Kier alpha value is -3.17. The number of benzene rings is 1. The SMILES string of the molecule is O=C(NC1(C(F)(F)F)Oc2ccccc2O1)N1CC2CC(C1)c1cccc(=O)n1C2. The predicted octanol–water partition coefficient (Wildman–Crippen LogP) is 2.66. The maximum atomic E-state index is 13.9. The number of nitrogens with zero attached hydrogens (tertiary/aromatic N) is 2. The smallest absolute Gasteiger partial charge is 0.424 e. The molecule has 2 unspecified atom stereocenters. The normalized spacial score (nSPS) is 23.6. The van der Waals surface area contributed by atoms with E-state index in [1.165, 1.54) is 35.2 Å². The Bertz CT molecular complexity index is 1040. The van der Waals surface area contributed by atoms with Gasteiger partial charge < -0.3 is 18.9 Å². The molecule has 2 bridgehead atoms. The monoisotopic (exact) mass is 421 g/mol. The Kier molecular flexibility index (Phi) is 4.03. The number of fused-ring (bicyclic) bond motifs is 5. The minimum atomic E-state index is -5.01. The highest BCUT2D eigenvalue weighted by Gasteiger charge is 2.66. The van der Waals surface area contributed by atoms with Gasteiger partial charge in [-0.1, -0.05) is 18.2 Å². The van der Waals surface area contributed by atoms with E-state index < -0.39 is 18.1 Å². The Morgan fingerprint density at radius 1 is 1.03 bits per heavy atom. The molecule has 1 fully saturated rings. The molecule has 1 saturated heterocycles. The van der Waals surface area contributed by atoms with Gasteiger partial charge in [-0.05, 0) is 30.5 Å². The number of rotatable bonds is 1. The number of amides is 2. The van der Waals surface area contributed by atoms with E-state index >= 15 is 0 Å². The van der Waals surface area contributed by atoms with Gasteiger partial charge in [0.05, 0.1) is 0 Å². The van der Waals surface area contributed by atoms with E-state index in [0.29, 0.717) is 6.54 Å². The summed E-state index contributed by atoms with van der Waals surface area (Å²) in [5, 5.41) is 1.92. The van der Waals surface area contributed by atoms with Gasteiger partial charge in [-0.3, -0.25) is 10.1 Å². The summed E-state index contributed by atoms with van der Waals surface area (Å²) < 4.78 is 53.3. The summed E-state index contributed by atoms with van der Waals surface area (Å²) in [6.07, 6.45) is -4.23.